The lowest BCUT2D eigenvalue weighted by molar-refractivity contribution is 0.0945. The Labute approximate surface area is 119 Å². The van der Waals surface area contributed by atoms with Crippen LogP contribution < -0.4 is 15.4 Å². The van der Waals surface area contributed by atoms with Crippen molar-refractivity contribution in [2.45, 2.75) is 25.7 Å². The minimum absolute atomic E-state index is 0.0220. The van der Waals surface area contributed by atoms with E-state index in [-0.39, 0.29) is 5.91 Å². The zero-order valence-electron chi connectivity index (χ0n) is 11.8. The van der Waals surface area contributed by atoms with Gasteiger partial charge in [-0.15, -0.1) is 0 Å². The molecule has 0 saturated carbocycles. The minimum Gasteiger partial charge on any atom is -0.494 e. The van der Waals surface area contributed by atoms with Crippen molar-refractivity contribution in [2.75, 3.05) is 26.2 Å². The monoisotopic (exact) mass is 274 g/mol. The summed E-state index contributed by atoms with van der Waals surface area (Å²) < 4.78 is 5.78. The van der Waals surface area contributed by atoms with E-state index in [2.05, 4.69) is 10.6 Å². The molecule has 1 aromatic rings. The zero-order chi connectivity index (χ0) is 13.8. The van der Waals surface area contributed by atoms with Gasteiger partial charge in [-0.3, -0.25) is 4.79 Å². The summed E-state index contributed by atoms with van der Waals surface area (Å²) in [5.74, 6) is 1.65. The molecule has 0 spiro atoms. The third-order valence-corrected chi connectivity index (χ3v) is 4.19. The van der Waals surface area contributed by atoms with Crippen LogP contribution in [0, 0.1) is 5.92 Å². The van der Waals surface area contributed by atoms with Gasteiger partial charge in [-0.1, -0.05) is 6.07 Å². The van der Waals surface area contributed by atoms with Gasteiger partial charge in [0.15, 0.2) is 0 Å². The average molecular weight is 274 g/mol. The van der Waals surface area contributed by atoms with Gasteiger partial charge in [-0.05, 0) is 62.4 Å². The Morgan fingerprint density at radius 2 is 2.25 bits per heavy atom. The number of carbonyl (C=O) groups is 1. The second-order valence-corrected chi connectivity index (χ2v) is 5.67. The van der Waals surface area contributed by atoms with Gasteiger partial charge in [0.05, 0.1) is 6.61 Å². The molecule has 3 rings (SSSR count). The molecule has 2 aliphatic rings. The molecule has 1 aromatic carbocycles. The summed E-state index contributed by atoms with van der Waals surface area (Å²) >= 11 is 0. The maximum absolute atomic E-state index is 11.8. The highest BCUT2D eigenvalue weighted by Crippen LogP contribution is 2.21. The van der Waals surface area contributed by atoms with E-state index in [4.69, 9.17) is 4.74 Å². The fraction of sp³-hybridized carbons (Fsp3) is 0.562. The number of amides is 1. The van der Waals surface area contributed by atoms with Crippen molar-refractivity contribution >= 4 is 5.91 Å². The van der Waals surface area contributed by atoms with E-state index in [1.807, 2.05) is 18.2 Å². The van der Waals surface area contributed by atoms with Crippen molar-refractivity contribution in [1.29, 1.82) is 0 Å². The first kappa shape index (κ1) is 13.4. The fourth-order valence-electron chi connectivity index (χ4n) is 3.00. The predicted molar refractivity (Wildman–Crippen MR) is 78.2 cm³/mol. The SMILES string of the molecule is O=C1NCCc2ccc(OCCCC3CCNC3)cc21. The molecule has 2 N–H and O–H groups in total. The van der Waals surface area contributed by atoms with E-state index in [0.717, 1.165) is 61.9 Å². The molecular weight excluding hydrogens is 252 g/mol. The Kier molecular flexibility index (Phi) is 4.21. The molecule has 2 aliphatic heterocycles. The molecule has 1 saturated heterocycles. The van der Waals surface area contributed by atoms with Gasteiger partial charge < -0.3 is 15.4 Å². The van der Waals surface area contributed by atoms with Crippen LogP contribution in [-0.4, -0.2) is 32.1 Å². The minimum atomic E-state index is 0.0220. The predicted octanol–water partition coefficient (Wildman–Crippen LogP) is 1.74. The quantitative estimate of drug-likeness (QED) is 0.804. The van der Waals surface area contributed by atoms with Crippen LogP contribution in [0.5, 0.6) is 5.75 Å². The molecule has 1 unspecified atom stereocenters. The van der Waals surface area contributed by atoms with E-state index in [1.54, 1.807) is 0 Å². The summed E-state index contributed by atoms with van der Waals surface area (Å²) in [4.78, 5) is 11.8. The molecule has 0 aliphatic carbocycles. The maximum Gasteiger partial charge on any atom is 0.251 e. The van der Waals surface area contributed by atoms with Gasteiger partial charge in [0.25, 0.3) is 5.91 Å². The van der Waals surface area contributed by atoms with E-state index < -0.39 is 0 Å². The third-order valence-electron chi connectivity index (χ3n) is 4.19. The fourth-order valence-corrected chi connectivity index (χ4v) is 3.00. The molecule has 4 heteroatoms. The average Bonchev–Trinajstić information content (AvgIpc) is 2.98. The number of hydrogen-bond acceptors (Lipinski definition) is 3. The Balaban J connectivity index is 1.50. The number of carbonyl (C=O) groups excluding carboxylic acids is 1. The molecule has 4 nitrogen and oxygen atoms in total. The topological polar surface area (TPSA) is 50.4 Å². The molecule has 0 bridgehead atoms. The van der Waals surface area contributed by atoms with Crippen LogP contribution >= 0.6 is 0 Å². The second-order valence-electron chi connectivity index (χ2n) is 5.67. The standard InChI is InChI=1S/C16H22N2O2/c19-16-15-10-14(4-3-13(15)6-8-18-16)20-9-1-2-12-5-7-17-11-12/h3-4,10,12,17H,1-2,5-9,11H2,(H,18,19). The summed E-state index contributed by atoms with van der Waals surface area (Å²) in [6, 6.07) is 5.87. The van der Waals surface area contributed by atoms with Gasteiger partial charge in [-0.25, -0.2) is 0 Å². The molecule has 2 heterocycles. The first-order valence-electron chi connectivity index (χ1n) is 7.57. The van der Waals surface area contributed by atoms with Crippen LogP contribution in [0.3, 0.4) is 0 Å². The number of nitrogens with one attached hydrogen (secondary N) is 2. The number of hydrogen-bond donors (Lipinski definition) is 2. The lowest BCUT2D eigenvalue weighted by Gasteiger charge is -2.17. The van der Waals surface area contributed by atoms with Crippen molar-refractivity contribution in [3.8, 4) is 5.75 Å². The molecule has 1 amide bonds. The molecule has 20 heavy (non-hydrogen) atoms. The van der Waals surface area contributed by atoms with E-state index >= 15 is 0 Å². The summed E-state index contributed by atoms with van der Waals surface area (Å²) in [5.41, 5.74) is 1.90. The number of fused-ring (bicyclic) bond motifs is 1. The molecule has 1 fully saturated rings. The highest BCUT2D eigenvalue weighted by molar-refractivity contribution is 5.97. The van der Waals surface area contributed by atoms with Crippen molar-refractivity contribution in [3.63, 3.8) is 0 Å². The van der Waals surface area contributed by atoms with Crippen LogP contribution in [0.25, 0.3) is 0 Å². The Morgan fingerprint density at radius 1 is 1.30 bits per heavy atom. The summed E-state index contributed by atoms with van der Waals surface area (Å²) in [5, 5.41) is 6.25. The van der Waals surface area contributed by atoms with Gasteiger partial charge in [-0.2, -0.15) is 0 Å². The van der Waals surface area contributed by atoms with Crippen LogP contribution in [0.4, 0.5) is 0 Å². The Morgan fingerprint density at radius 3 is 3.10 bits per heavy atom. The largest absolute Gasteiger partial charge is 0.494 e. The zero-order valence-corrected chi connectivity index (χ0v) is 11.8. The van der Waals surface area contributed by atoms with Crippen molar-refractivity contribution in [3.05, 3.63) is 29.3 Å². The molecule has 1 atom stereocenters. The number of ether oxygens (including phenoxy) is 1. The van der Waals surface area contributed by atoms with Crippen molar-refractivity contribution in [2.24, 2.45) is 5.92 Å². The highest BCUT2D eigenvalue weighted by Gasteiger charge is 2.17. The number of benzene rings is 1. The summed E-state index contributed by atoms with van der Waals surface area (Å²) in [6.45, 7) is 3.78. The lowest BCUT2D eigenvalue weighted by atomic mass is 10.0. The van der Waals surface area contributed by atoms with Crippen LogP contribution in [0.1, 0.15) is 35.2 Å². The van der Waals surface area contributed by atoms with Gasteiger partial charge in [0.1, 0.15) is 5.75 Å². The molecule has 0 aromatic heterocycles. The van der Waals surface area contributed by atoms with E-state index in [1.165, 1.54) is 12.8 Å². The van der Waals surface area contributed by atoms with Crippen LogP contribution in [-0.2, 0) is 6.42 Å². The Bertz CT molecular complexity index is 481. The van der Waals surface area contributed by atoms with Gasteiger partial charge >= 0.3 is 0 Å². The van der Waals surface area contributed by atoms with Crippen LogP contribution in [0.15, 0.2) is 18.2 Å². The highest BCUT2D eigenvalue weighted by atomic mass is 16.5. The first-order valence-corrected chi connectivity index (χ1v) is 7.57. The summed E-state index contributed by atoms with van der Waals surface area (Å²) in [7, 11) is 0. The third kappa shape index (κ3) is 3.12. The molecule has 0 radical (unpaired) electrons. The maximum atomic E-state index is 11.8. The normalized spacial score (nSPS) is 21.4. The van der Waals surface area contributed by atoms with Gasteiger partial charge in [0.2, 0.25) is 0 Å². The van der Waals surface area contributed by atoms with Gasteiger partial charge in [0, 0.05) is 12.1 Å². The van der Waals surface area contributed by atoms with Crippen LogP contribution in [0.2, 0.25) is 0 Å². The molecule has 108 valence electrons. The van der Waals surface area contributed by atoms with E-state index in [0.29, 0.717) is 0 Å². The van der Waals surface area contributed by atoms with Crippen molar-refractivity contribution < 1.29 is 9.53 Å². The van der Waals surface area contributed by atoms with E-state index in [9.17, 15) is 4.79 Å². The lowest BCUT2D eigenvalue weighted by Crippen LogP contribution is -2.31. The number of rotatable bonds is 5. The molecular formula is C16H22N2O2. The Hall–Kier alpha value is -1.55. The summed E-state index contributed by atoms with van der Waals surface area (Å²) in [6.07, 6.45) is 4.50. The smallest absolute Gasteiger partial charge is 0.251 e. The second kappa shape index (κ2) is 6.27. The first-order chi connectivity index (χ1) is 9.83. The van der Waals surface area contributed by atoms with Crippen molar-refractivity contribution in [1.82, 2.24) is 10.6 Å².